The van der Waals surface area contributed by atoms with Gasteiger partial charge in [0.1, 0.15) is 6.04 Å². The smallest absolute Gasteiger partial charge is 0.248 e. The predicted octanol–water partition coefficient (Wildman–Crippen LogP) is 3.95. The van der Waals surface area contributed by atoms with Crippen LogP contribution >= 0.6 is 0 Å². The third-order valence-corrected chi connectivity index (χ3v) is 4.84. The molecule has 0 saturated carbocycles. The average Bonchev–Trinajstić information content (AvgIpc) is 2.77. The number of piperidine rings is 1. The minimum atomic E-state index is -0.307. The summed E-state index contributed by atoms with van der Waals surface area (Å²) in [6, 6.07) is 8.92. The third kappa shape index (κ3) is 5.95. The maximum atomic E-state index is 13.0. The number of amides is 1. The second-order valence-corrected chi connectivity index (χ2v) is 7.76. The number of aromatic nitrogens is 1. The van der Waals surface area contributed by atoms with E-state index in [0.29, 0.717) is 29.7 Å². The monoisotopic (exact) mass is 410 g/mol. The Labute approximate surface area is 178 Å². The van der Waals surface area contributed by atoms with Crippen LogP contribution in [-0.4, -0.2) is 48.4 Å². The van der Waals surface area contributed by atoms with Gasteiger partial charge in [-0.05, 0) is 55.0 Å². The number of ether oxygens (including phenoxy) is 2. The van der Waals surface area contributed by atoms with E-state index in [2.05, 4.69) is 29.2 Å². The first kappa shape index (κ1) is 21.6. The molecule has 0 spiro atoms. The van der Waals surface area contributed by atoms with E-state index < -0.39 is 0 Å². The van der Waals surface area contributed by atoms with Gasteiger partial charge in [-0.15, -0.1) is 0 Å². The van der Waals surface area contributed by atoms with Crippen LogP contribution in [0.5, 0.6) is 11.5 Å². The maximum Gasteiger partial charge on any atom is 0.248 e. The molecule has 1 unspecified atom stereocenters. The molecule has 0 bridgehead atoms. The molecule has 3 rings (SSSR count). The molecule has 1 aromatic heterocycles. The summed E-state index contributed by atoms with van der Waals surface area (Å²) in [6.45, 7) is 5.50. The Morgan fingerprint density at radius 2 is 2.07 bits per heavy atom. The molecule has 2 aromatic rings. The van der Waals surface area contributed by atoms with Gasteiger partial charge in [-0.25, -0.2) is 0 Å². The fourth-order valence-electron chi connectivity index (χ4n) is 3.26. The van der Waals surface area contributed by atoms with Gasteiger partial charge in [0.2, 0.25) is 5.91 Å². The largest absolute Gasteiger partial charge is 0.493 e. The van der Waals surface area contributed by atoms with Crippen LogP contribution in [0.25, 0.3) is 0 Å². The number of pyridine rings is 1. The number of carbonyl (C=O) groups excluding carboxylic acids is 1. The Morgan fingerprint density at radius 1 is 1.27 bits per heavy atom. The molecule has 1 amide bonds. The summed E-state index contributed by atoms with van der Waals surface area (Å²) in [6.07, 6.45) is 8.03. The van der Waals surface area contributed by atoms with Crippen LogP contribution in [0.2, 0.25) is 0 Å². The van der Waals surface area contributed by atoms with E-state index in [4.69, 9.17) is 9.47 Å². The molecular formula is C23H30N4O3. The summed E-state index contributed by atoms with van der Waals surface area (Å²) >= 11 is 0. The van der Waals surface area contributed by atoms with Crippen LogP contribution in [-0.2, 0) is 4.79 Å². The van der Waals surface area contributed by atoms with E-state index >= 15 is 0 Å². The Hall–Kier alpha value is -3.09. The van der Waals surface area contributed by atoms with Crippen LogP contribution in [0, 0.1) is 5.92 Å². The van der Waals surface area contributed by atoms with Crippen molar-refractivity contribution in [2.45, 2.75) is 39.2 Å². The first-order valence-electron chi connectivity index (χ1n) is 10.4. The summed E-state index contributed by atoms with van der Waals surface area (Å²) in [5.41, 5.74) is 1.64. The standard InChI is InChI=1S/C23H30N4O3/c1-17(2)16-30-22-14-19(7-8-21(22)29-3)26-23(28)20-6-4-5-13-27(20)25-15-18-9-11-24-12-10-18/h7-12,14-15,17,20H,4-6,13,16H2,1-3H3,(H,26,28)/b25-15+. The quantitative estimate of drug-likeness (QED) is 0.667. The lowest BCUT2D eigenvalue weighted by Gasteiger charge is -2.32. The Morgan fingerprint density at radius 3 is 2.80 bits per heavy atom. The first-order valence-corrected chi connectivity index (χ1v) is 10.4. The Kier molecular flexibility index (Phi) is 7.65. The minimum absolute atomic E-state index is 0.0680. The first-order chi connectivity index (χ1) is 14.6. The second-order valence-electron chi connectivity index (χ2n) is 7.76. The van der Waals surface area contributed by atoms with E-state index in [-0.39, 0.29) is 11.9 Å². The van der Waals surface area contributed by atoms with Gasteiger partial charge in [0.15, 0.2) is 11.5 Å². The van der Waals surface area contributed by atoms with E-state index in [0.717, 1.165) is 31.4 Å². The molecule has 1 aromatic carbocycles. The van der Waals surface area contributed by atoms with Gasteiger partial charge in [0.05, 0.1) is 19.9 Å². The van der Waals surface area contributed by atoms with Crippen molar-refractivity contribution in [1.82, 2.24) is 9.99 Å². The van der Waals surface area contributed by atoms with Crippen molar-refractivity contribution in [1.29, 1.82) is 0 Å². The lowest BCUT2D eigenvalue weighted by molar-refractivity contribution is -0.122. The number of rotatable bonds is 8. The second kappa shape index (κ2) is 10.6. The zero-order chi connectivity index (χ0) is 21.3. The van der Waals surface area contributed by atoms with Gasteiger partial charge in [0.25, 0.3) is 0 Å². The molecule has 0 radical (unpaired) electrons. The van der Waals surface area contributed by atoms with Gasteiger partial charge >= 0.3 is 0 Å². The molecule has 30 heavy (non-hydrogen) atoms. The van der Waals surface area contributed by atoms with Crippen LogP contribution in [0.15, 0.2) is 47.8 Å². The summed E-state index contributed by atoms with van der Waals surface area (Å²) in [7, 11) is 1.61. The van der Waals surface area contributed by atoms with Crippen molar-refractivity contribution in [2.24, 2.45) is 11.0 Å². The van der Waals surface area contributed by atoms with Crippen LogP contribution < -0.4 is 14.8 Å². The van der Waals surface area contributed by atoms with Gasteiger partial charge in [-0.1, -0.05) is 13.8 Å². The Balaban J connectivity index is 1.70. The Bertz CT molecular complexity index is 855. The molecule has 160 valence electrons. The zero-order valence-corrected chi connectivity index (χ0v) is 17.9. The molecule has 1 fully saturated rings. The van der Waals surface area contributed by atoms with Crippen molar-refractivity contribution >= 4 is 17.8 Å². The summed E-state index contributed by atoms with van der Waals surface area (Å²) in [4.78, 5) is 17.0. The maximum absolute atomic E-state index is 13.0. The molecular weight excluding hydrogens is 380 g/mol. The third-order valence-electron chi connectivity index (χ3n) is 4.84. The number of nitrogens with one attached hydrogen (secondary N) is 1. The van der Waals surface area contributed by atoms with Gasteiger partial charge < -0.3 is 14.8 Å². The molecule has 1 aliphatic rings. The highest BCUT2D eigenvalue weighted by molar-refractivity contribution is 5.95. The molecule has 7 nitrogen and oxygen atoms in total. The van der Waals surface area contributed by atoms with E-state index in [1.165, 1.54) is 0 Å². The van der Waals surface area contributed by atoms with E-state index in [1.807, 2.05) is 35.3 Å². The summed E-state index contributed by atoms with van der Waals surface area (Å²) < 4.78 is 11.2. The molecule has 0 aliphatic carbocycles. The molecule has 2 heterocycles. The summed E-state index contributed by atoms with van der Waals surface area (Å²) in [5.74, 6) is 1.60. The molecule has 1 atom stereocenters. The van der Waals surface area contributed by atoms with Crippen LogP contribution in [0.3, 0.4) is 0 Å². The number of anilines is 1. The summed E-state index contributed by atoms with van der Waals surface area (Å²) in [5, 5.41) is 9.46. The van der Waals surface area contributed by atoms with E-state index in [1.54, 1.807) is 25.7 Å². The van der Waals surface area contributed by atoms with Crippen molar-refractivity contribution in [3.05, 3.63) is 48.3 Å². The highest BCUT2D eigenvalue weighted by Crippen LogP contribution is 2.31. The topological polar surface area (TPSA) is 76.0 Å². The van der Waals surface area contributed by atoms with Gasteiger partial charge in [0, 0.05) is 30.7 Å². The normalized spacial score (nSPS) is 16.7. The van der Waals surface area contributed by atoms with Crippen molar-refractivity contribution in [3.63, 3.8) is 0 Å². The van der Waals surface area contributed by atoms with Crippen LogP contribution in [0.4, 0.5) is 5.69 Å². The van der Waals surface area contributed by atoms with Gasteiger partial charge in [-0.3, -0.25) is 14.8 Å². The number of hydrogen-bond acceptors (Lipinski definition) is 6. The molecule has 1 saturated heterocycles. The van der Waals surface area contributed by atoms with Crippen molar-refractivity contribution < 1.29 is 14.3 Å². The lowest BCUT2D eigenvalue weighted by atomic mass is 10.0. The fourth-order valence-corrected chi connectivity index (χ4v) is 3.26. The fraction of sp³-hybridized carbons (Fsp3) is 0.435. The molecule has 7 heteroatoms. The molecule has 1 N–H and O–H groups in total. The predicted molar refractivity (Wildman–Crippen MR) is 118 cm³/mol. The highest BCUT2D eigenvalue weighted by atomic mass is 16.5. The van der Waals surface area contributed by atoms with Crippen molar-refractivity contribution in [2.75, 3.05) is 25.6 Å². The average molecular weight is 411 g/mol. The van der Waals surface area contributed by atoms with Gasteiger partial charge in [-0.2, -0.15) is 5.10 Å². The number of methoxy groups -OCH3 is 1. The number of hydrogen-bond donors (Lipinski definition) is 1. The minimum Gasteiger partial charge on any atom is -0.493 e. The molecule has 1 aliphatic heterocycles. The van der Waals surface area contributed by atoms with Crippen LogP contribution in [0.1, 0.15) is 38.7 Å². The number of benzene rings is 1. The number of nitrogens with zero attached hydrogens (tertiary/aromatic N) is 3. The number of carbonyl (C=O) groups is 1. The van der Waals surface area contributed by atoms with E-state index in [9.17, 15) is 4.79 Å². The SMILES string of the molecule is COc1ccc(NC(=O)C2CCCCN2/N=C/c2ccncc2)cc1OCC(C)C. The lowest BCUT2D eigenvalue weighted by Crippen LogP contribution is -2.44. The number of hydrazone groups is 1. The van der Waals surface area contributed by atoms with Crippen molar-refractivity contribution in [3.8, 4) is 11.5 Å². The highest BCUT2D eigenvalue weighted by Gasteiger charge is 2.28. The zero-order valence-electron chi connectivity index (χ0n) is 17.9.